The van der Waals surface area contributed by atoms with Gasteiger partial charge in [0.15, 0.2) is 0 Å². The highest BCUT2D eigenvalue weighted by Gasteiger charge is 2.38. The minimum absolute atomic E-state index is 0.0966. The van der Waals surface area contributed by atoms with E-state index < -0.39 is 23.2 Å². The second-order valence-corrected chi connectivity index (χ2v) is 9.08. The predicted octanol–water partition coefficient (Wildman–Crippen LogP) is 4.16. The van der Waals surface area contributed by atoms with E-state index in [4.69, 9.17) is 5.73 Å². The Bertz CT molecular complexity index is 961. The Labute approximate surface area is 186 Å². The van der Waals surface area contributed by atoms with E-state index in [9.17, 15) is 18.0 Å². The number of hydrogen-bond donors (Lipinski definition) is 2. The molecule has 3 heterocycles. The molecule has 0 aliphatic carbocycles. The molecule has 0 unspecified atom stereocenters. The summed E-state index contributed by atoms with van der Waals surface area (Å²) < 4.78 is 41.1. The summed E-state index contributed by atoms with van der Waals surface area (Å²) in [4.78, 5) is 23.1. The number of hydrogen-bond acceptors (Lipinski definition) is 6. The number of rotatable bonds is 6. The number of nitrogens with zero attached hydrogens (tertiary/aromatic N) is 3. The van der Waals surface area contributed by atoms with Crippen LogP contribution in [-0.4, -0.2) is 40.9 Å². The van der Waals surface area contributed by atoms with Gasteiger partial charge in [-0.25, -0.2) is 9.97 Å². The van der Waals surface area contributed by atoms with Crippen LogP contribution in [0.2, 0.25) is 0 Å². The van der Waals surface area contributed by atoms with E-state index in [1.54, 1.807) is 0 Å². The summed E-state index contributed by atoms with van der Waals surface area (Å²) >= 11 is 0. The Kier molecular flexibility index (Phi) is 7.07. The Morgan fingerprint density at radius 2 is 1.94 bits per heavy atom. The van der Waals surface area contributed by atoms with Crippen LogP contribution in [0, 0.1) is 11.8 Å². The standard InChI is InChI=1S/C23H30F3N5O/c1-13(2)10-15-11-31(12-18(29-15)14(3)4)19-8-7-17(23(24,25)26)20(30-19)21(32)16-6-5-9-28-22(16)27/h5-9,13-15,18,29H,10-12H2,1-4H3,(H2,27,28)/t15-,18+/m0/s1. The number of aromatic nitrogens is 2. The number of pyridine rings is 2. The van der Waals surface area contributed by atoms with Crippen LogP contribution in [0.25, 0.3) is 0 Å². The molecule has 1 aliphatic heterocycles. The van der Waals surface area contributed by atoms with Crippen LogP contribution in [0.4, 0.5) is 24.8 Å². The third-order valence-corrected chi connectivity index (χ3v) is 5.68. The van der Waals surface area contributed by atoms with Crippen molar-refractivity contribution in [3.8, 4) is 0 Å². The average Bonchev–Trinajstić information content (AvgIpc) is 2.71. The van der Waals surface area contributed by atoms with Crippen molar-refractivity contribution in [1.82, 2.24) is 15.3 Å². The van der Waals surface area contributed by atoms with E-state index in [2.05, 4.69) is 43.0 Å². The first-order valence-electron chi connectivity index (χ1n) is 10.8. The van der Waals surface area contributed by atoms with Gasteiger partial charge in [0.05, 0.1) is 11.1 Å². The zero-order valence-corrected chi connectivity index (χ0v) is 18.8. The van der Waals surface area contributed by atoms with Gasteiger partial charge < -0.3 is 16.0 Å². The third kappa shape index (κ3) is 5.38. The lowest BCUT2D eigenvalue weighted by Crippen LogP contribution is -2.59. The highest BCUT2D eigenvalue weighted by atomic mass is 19.4. The minimum atomic E-state index is -4.72. The van der Waals surface area contributed by atoms with Gasteiger partial charge in [-0.2, -0.15) is 13.2 Å². The van der Waals surface area contributed by atoms with Crippen LogP contribution in [0.5, 0.6) is 0 Å². The third-order valence-electron chi connectivity index (χ3n) is 5.68. The highest BCUT2D eigenvalue weighted by Crippen LogP contribution is 2.34. The molecule has 3 N–H and O–H groups in total. The number of piperazine rings is 1. The number of carbonyl (C=O) groups is 1. The summed E-state index contributed by atoms with van der Waals surface area (Å²) in [6, 6.07) is 5.43. The van der Waals surface area contributed by atoms with Crippen molar-refractivity contribution in [2.24, 2.45) is 11.8 Å². The first-order chi connectivity index (χ1) is 15.0. The zero-order valence-electron chi connectivity index (χ0n) is 18.8. The quantitative estimate of drug-likeness (QED) is 0.645. The Hall–Kier alpha value is -2.68. The van der Waals surface area contributed by atoms with Crippen molar-refractivity contribution in [3.05, 3.63) is 47.3 Å². The molecule has 9 heteroatoms. The van der Waals surface area contributed by atoms with Crippen molar-refractivity contribution in [1.29, 1.82) is 0 Å². The molecule has 1 aliphatic rings. The number of anilines is 2. The molecule has 0 aromatic carbocycles. The van der Waals surface area contributed by atoms with Crippen LogP contribution >= 0.6 is 0 Å². The maximum atomic E-state index is 13.7. The number of alkyl halides is 3. The predicted molar refractivity (Wildman–Crippen MR) is 119 cm³/mol. The summed E-state index contributed by atoms with van der Waals surface area (Å²) in [7, 11) is 0. The fourth-order valence-corrected chi connectivity index (χ4v) is 4.05. The fourth-order valence-electron chi connectivity index (χ4n) is 4.05. The summed E-state index contributed by atoms with van der Waals surface area (Å²) in [5.41, 5.74) is 3.92. The fraction of sp³-hybridized carbons (Fsp3) is 0.522. The molecule has 3 rings (SSSR count). The molecule has 0 spiro atoms. The van der Waals surface area contributed by atoms with Crippen molar-refractivity contribution in [2.45, 2.75) is 52.4 Å². The normalized spacial score (nSPS) is 19.6. The molecule has 174 valence electrons. The van der Waals surface area contributed by atoms with Crippen LogP contribution in [0.3, 0.4) is 0 Å². The Balaban J connectivity index is 2.03. The van der Waals surface area contributed by atoms with E-state index in [1.165, 1.54) is 24.4 Å². The number of nitrogens with one attached hydrogen (secondary N) is 1. The van der Waals surface area contributed by atoms with Crippen LogP contribution in [0.1, 0.15) is 55.7 Å². The number of ketones is 1. The molecule has 2 atom stereocenters. The topological polar surface area (TPSA) is 84.1 Å². The van der Waals surface area contributed by atoms with E-state index in [0.717, 1.165) is 12.5 Å². The van der Waals surface area contributed by atoms with Gasteiger partial charge >= 0.3 is 6.18 Å². The molecule has 0 radical (unpaired) electrons. The second-order valence-electron chi connectivity index (χ2n) is 9.08. The SMILES string of the molecule is CC(C)C[C@H]1CN(c2ccc(C(F)(F)F)c(C(=O)c3cccnc3N)n2)C[C@H](C(C)C)N1. The van der Waals surface area contributed by atoms with Gasteiger partial charge in [-0.15, -0.1) is 0 Å². The summed E-state index contributed by atoms with van der Waals surface area (Å²) in [5.74, 6) is 0.130. The smallest absolute Gasteiger partial charge is 0.383 e. The molecule has 0 saturated carbocycles. The molecule has 0 bridgehead atoms. The zero-order chi connectivity index (χ0) is 23.6. The lowest BCUT2D eigenvalue weighted by Gasteiger charge is -2.42. The van der Waals surface area contributed by atoms with Crippen LogP contribution < -0.4 is 16.0 Å². The highest BCUT2D eigenvalue weighted by molar-refractivity contribution is 6.11. The minimum Gasteiger partial charge on any atom is -0.383 e. The first-order valence-corrected chi connectivity index (χ1v) is 10.8. The summed E-state index contributed by atoms with van der Waals surface area (Å²) in [5, 5.41) is 3.65. The molecule has 1 fully saturated rings. The van der Waals surface area contributed by atoms with Crippen molar-refractivity contribution in [2.75, 3.05) is 23.7 Å². The van der Waals surface area contributed by atoms with E-state index in [0.29, 0.717) is 30.7 Å². The monoisotopic (exact) mass is 449 g/mol. The molecular weight excluding hydrogens is 419 g/mol. The van der Waals surface area contributed by atoms with Gasteiger partial charge in [0.2, 0.25) is 5.78 Å². The lowest BCUT2D eigenvalue weighted by molar-refractivity contribution is -0.138. The first kappa shape index (κ1) is 24.0. The summed E-state index contributed by atoms with van der Waals surface area (Å²) in [6.45, 7) is 9.67. The Morgan fingerprint density at radius 1 is 1.22 bits per heavy atom. The Morgan fingerprint density at radius 3 is 2.53 bits per heavy atom. The van der Waals surface area contributed by atoms with E-state index in [-0.39, 0.29) is 23.5 Å². The second kappa shape index (κ2) is 9.44. The number of carbonyl (C=O) groups excluding carboxylic acids is 1. The summed E-state index contributed by atoms with van der Waals surface area (Å²) in [6.07, 6.45) is -2.42. The van der Waals surface area contributed by atoms with Crippen molar-refractivity contribution >= 4 is 17.4 Å². The van der Waals surface area contributed by atoms with Crippen LogP contribution in [-0.2, 0) is 6.18 Å². The van der Waals surface area contributed by atoms with Crippen molar-refractivity contribution < 1.29 is 18.0 Å². The van der Waals surface area contributed by atoms with Crippen molar-refractivity contribution in [3.63, 3.8) is 0 Å². The number of nitrogens with two attached hydrogens (primary N) is 1. The molecule has 2 aromatic rings. The average molecular weight is 450 g/mol. The maximum Gasteiger partial charge on any atom is 0.418 e. The van der Waals surface area contributed by atoms with Gasteiger partial charge in [0.25, 0.3) is 0 Å². The number of nitrogen functional groups attached to an aromatic ring is 1. The van der Waals surface area contributed by atoms with E-state index >= 15 is 0 Å². The molecule has 0 amide bonds. The number of halogens is 3. The van der Waals surface area contributed by atoms with Gasteiger partial charge in [-0.1, -0.05) is 27.7 Å². The van der Waals surface area contributed by atoms with Gasteiger partial charge in [-0.05, 0) is 42.5 Å². The van der Waals surface area contributed by atoms with Gasteiger partial charge in [0.1, 0.15) is 17.3 Å². The molecule has 1 saturated heterocycles. The van der Waals surface area contributed by atoms with Crippen LogP contribution in [0.15, 0.2) is 30.5 Å². The lowest BCUT2D eigenvalue weighted by atomic mass is 9.95. The molecule has 6 nitrogen and oxygen atoms in total. The maximum absolute atomic E-state index is 13.7. The van der Waals surface area contributed by atoms with Gasteiger partial charge in [0, 0.05) is 31.4 Å². The largest absolute Gasteiger partial charge is 0.418 e. The molecular formula is C23H30F3N5O. The molecule has 32 heavy (non-hydrogen) atoms. The van der Waals surface area contributed by atoms with E-state index in [1.807, 2.05) is 4.90 Å². The molecule has 2 aromatic heterocycles. The van der Waals surface area contributed by atoms with Gasteiger partial charge in [-0.3, -0.25) is 4.79 Å².